The Morgan fingerprint density at radius 3 is 2.23 bits per heavy atom. The minimum atomic E-state index is -1.73. The van der Waals surface area contributed by atoms with Crippen molar-refractivity contribution in [3.05, 3.63) is 108 Å². The van der Waals surface area contributed by atoms with E-state index in [-0.39, 0.29) is 30.8 Å². The summed E-state index contributed by atoms with van der Waals surface area (Å²) in [5.41, 5.74) is -0.207. The van der Waals surface area contributed by atoms with Gasteiger partial charge in [0.25, 0.3) is 11.6 Å². The van der Waals surface area contributed by atoms with Crippen LogP contribution < -0.4 is 5.32 Å². The molecule has 4 heterocycles. The van der Waals surface area contributed by atoms with Gasteiger partial charge in [-0.2, -0.15) is 20.5 Å². The van der Waals surface area contributed by atoms with Crippen LogP contribution in [0.25, 0.3) is 0 Å². The lowest BCUT2D eigenvalue weighted by Crippen LogP contribution is -2.83. The number of carbonyl (C=O) groups is 3. The van der Waals surface area contributed by atoms with Crippen LogP contribution in [0.3, 0.4) is 0 Å². The van der Waals surface area contributed by atoms with Crippen molar-refractivity contribution in [2.24, 2.45) is 25.9 Å². The maximum atomic E-state index is 14.7. The van der Waals surface area contributed by atoms with E-state index in [0.29, 0.717) is 18.7 Å². The molecule has 0 aliphatic carbocycles. The van der Waals surface area contributed by atoms with Crippen molar-refractivity contribution in [3.8, 4) is 0 Å². The van der Waals surface area contributed by atoms with Crippen LogP contribution in [-0.4, -0.2) is 64.6 Å². The Bertz CT molecular complexity index is 1550. The summed E-state index contributed by atoms with van der Waals surface area (Å²) in [4.78, 5) is 43.1. The van der Waals surface area contributed by atoms with Crippen LogP contribution in [0.4, 0.5) is 0 Å². The van der Waals surface area contributed by atoms with Gasteiger partial charge in [-0.25, -0.2) is 4.79 Å². The van der Waals surface area contributed by atoms with Crippen molar-refractivity contribution in [2.45, 2.75) is 42.1 Å². The molecule has 0 saturated carbocycles. The lowest BCUT2D eigenvalue weighted by molar-refractivity contribution is -0.190. The van der Waals surface area contributed by atoms with Crippen molar-refractivity contribution >= 4 is 29.5 Å². The minimum absolute atomic E-state index is 0.150. The third-order valence-electron chi connectivity index (χ3n) is 8.77. The van der Waals surface area contributed by atoms with Gasteiger partial charge in [0, 0.05) is 5.75 Å². The van der Waals surface area contributed by atoms with Gasteiger partial charge in [0.05, 0.1) is 31.0 Å². The Labute approximate surface area is 253 Å². The molecule has 4 aliphatic rings. The minimum Gasteiger partial charge on any atom is -0.449 e. The van der Waals surface area contributed by atoms with Crippen LogP contribution in [-0.2, 0) is 25.5 Å². The van der Waals surface area contributed by atoms with Crippen LogP contribution in [0.5, 0.6) is 0 Å². The molecule has 4 aliphatic heterocycles. The molecule has 10 nitrogen and oxygen atoms in total. The van der Waals surface area contributed by atoms with E-state index in [1.807, 2.05) is 91.0 Å². The van der Waals surface area contributed by atoms with Crippen LogP contribution >= 0.6 is 11.8 Å². The van der Waals surface area contributed by atoms with Crippen molar-refractivity contribution in [3.63, 3.8) is 0 Å². The number of fused-ring (bicyclic) bond motifs is 3. The molecule has 7 rings (SSSR count). The van der Waals surface area contributed by atoms with Crippen LogP contribution in [0.2, 0.25) is 0 Å². The van der Waals surface area contributed by atoms with Gasteiger partial charge in [-0.1, -0.05) is 91.0 Å². The molecule has 5 atom stereocenters. The molecule has 2 fully saturated rings. The molecular formula is C32H30N6O4S. The third-order valence-corrected chi connectivity index (χ3v) is 10.3. The van der Waals surface area contributed by atoms with E-state index >= 15 is 0 Å². The average Bonchev–Trinajstić information content (AvgIpc) is 3.73. The van der Waals surface area contributed by atoms with Crippen LogP contribution in [0, 0.1) is 5.41 Å². The molecule has 11 heteroatoms. The zero-order chi connectivity index (χ0) is 29.4. The number of hydrogen-bond acceptors (Lipinski definition) is 9. The maximum absolute atomic E-state index is 14.7. The molecule has 43 heavy (non-hydrogen) atoms. The van der Waals surface area contributed by atoms with E-state index in [0.717, 1.165) is 16.7 Å². The standard InChI is InChI=1S/C32H30N6O4S/c39-25(18-21-10-4-1-5-11-21)35-26-28(40)38-29(26)43-20-31(24-16-17-33-36-24)19-34-37-32(31,38)30(41)42-27(22-12-6-2-7-13-22)23-14-8-3-9-15-23/h1-15,24,26-27,29H,16-20H2,(H,35,39)/t24?,26-,29-,31-,32+/m1/s1. The highest BCUT2D eigenvalue weighted by atomic mass is 32.2. The fourth-order valence-electron chi connectivity index (χ4n) is 6.59. The highest BCUT2D eigenvalue weighted by Crippen LogP contribution is 2.59. The zero-order valence-corrected chi connectivity index (χ0v) is 24.1. The second kappa shape index (κ2) is 11.0. The number of esters is 1. The number of nitrogens with one attached hydrogen (secondary N) is 1. The summed E-state index contributed by atoms with van der Waals surface area (Å²) in [5.74, 6) is -0.836. The second-order valence-electron chi connectivity index (χ2n) is 11.2. The fourth-order valence-corrected chi connectivity index (χ4v) is 8.33. The number of hydrogen-bond donors (Lipinski definition) is 1. The number of β-lactam (4-membered cyclic amide) rings is 1. The summed E-state index contributed by atoms with van der Waals surface area (Å²) in [6.45, 7) is 0.760. The van der Waals surface area contributed by atoms with E-state index in [4.69, 9.17) is 4.74 Å². The predicted octanol–water partition coefficient (Wildman–Crippen LogP) is 4.33. The average molecular weight is 595 g/mol. The normalized spacial score (nSPS) is 28.7. The van der Waals surface area contributed by atoms with E-state index in [1.54, 1.807) is 0 Å². The summed E-state index contributed by atoms with van der Waals surface area (Å²) in [6.07, 6.45) is 0.0523. The predicted molar refractivity (Wildman–Crippen MR) is 159 cm³/mol. The first kappa shape index (κ1) is 27.5. The van der Waals surface area contributed by atoms with Crippen molar-refractivity contribution in [1.82, 2.24) is 10.2 Å². The molecule has 0 aromatic heterocycles. The molecule has 1 unspecified atom stereocenters. The van der Waals surface area contributed by atoms with Gasteiger partial charge in [-0.15, -0.1) is 11.8 Å². The molecule has 0 bridgehead atoms. The SMILES string of the molecule is O=C(Cc1ccccc1)N[C@@H]1C(=O)N2[C@@H]1SC[C@@]1(C3CCN=N3)CN=N[C@@]21C(=O)OC(c1ccccc1)c1ccccc1. The molecule has 0 radical (unpaired) electrons. The first-order valence-corrected chi connectivity index (χ1v) is 15.4. The summed E-state index contributed by atoms with van der Waals surface area (Å²) in [6, 6.07) is 27.2. The highest BCUT2D eigenvalue weighted by Gasteiger charge is 2.77. The van der Waals surface area contributed by atoms with Gasteiger partial charge in [-0.05, 0) is 23.1 Å². The van der Waals surface area contributed by atoms with Gasteiger partial charge in [0.1, 0.15) is 11.4 Å². The zero-order valence-electron chi connectivity index (χ0n) is 23.3. The second-order valence-corrected chi connectivity index (χ2v) is 12.3. The van der Waals surface area contributed by atoms with E-state index in [2.05, 4.69) is 25.8 Å². The number of azo groups is 2. The first-order chi connectivity index (χ1) is 21.0. The topological polar surface area (TPSA) is 125 Å². The van der Waals surface area contributed by atoms with Crippen LogP contribution in [0.1, 0.15) is 29.2 Å². The van der Waals surface area contributed by atoms with Crippen molar-refractivity contribution in [2.75, 3.05) is 18.8 Å². The number of nitrogens with zero attached hydrogens (tertiary/aromatic N) is 5. The smallest absolute Gasteiger partial charge is 0.358 e. The van der Waals surface area contributed by atoms with E-state index in [1.165, 1.54) is 16.7 Å². The lowest BCUT2D eigenvalue weighted by Gasteiger charge is -2.61. The van der Waals surface area contributed by atoms with Gasteiger partial charge >= 0.3 is 5.97 Å². The van der Waals surface area contributed by atoms with E-state index < -0.39 is 34.6 Å². The third kappa shape index (κ3) is 4.45. The summed E-state index contributed by atoms with van der Waals surface area (Å²) in [5, 5.41) is 20.2. The number of ether oxygens (including phenoxy) is 1. The molecule has 3 aromatic carbocycles. The van der Waals surface area contributed by atoms with Gasteiger partial charge in [0.2, 0.25) is 5.91 Å². The summed E-state index contributed by atoms with van der Waals surface area (Å²) >= 11 is 1.52. The Balaban J connectivity index is 1.22. The molecule has 1 N–H and O–H groups in total. The number of rotatable bonds is 8. The molecule has 2 amide bonds. The quantitative estimate of drug-likeness (QED) is 0.307. The monoisotopic (exact) mass is 594 g/mol. The molecule has 3 aromatic rings. The summed E-state index contributed by atoms with van der Waals surface area (Å²) < 4.78 is 6.39. The van der Waals surface area contributed by atoms with Gasteiger partial charge in [0.15, 0.2) is 6.10 Å². The molecule has 0 spiro atoms. The Morgan fingerprint density at radius 1 is 0.953 bits per heavy atom. The maximum Gasteiger partial charge on any atom is 0.358 e. The van der Waals surface area contributed by atoms with Gasteiger partial charge in [-0.3, -0.25) is 14.5 Å². The van der Waals surface area contributed by atoms with Crippen molar-refractivity contribution < 1.29 is 19.1 Å². The molecular weight excluding hydrogens is 564 g/mol. The summed E-state index contributed by atoms with van der Waals surface area (Å²) in [7, 11) is 0. The largest absolute Gasteiger partial charge is 0.449 e. The fraction of sp³-hybridized carbons (Fsp3) is 0.344. The molecule has 2 saturated heterocycles. The van der Waals surface area contributed by atoms with E-state index in [9.17, 15) is 14.4 Å². The first-order valence-electron chi connectivity index (χ1n) is 14.4. The number of thioether (sulfide) groups is 1. The Hall–Kier alpha value is -4.38. The van der Waals surface area contributed by atoms with Crippen molar-refractivity contribution in [1.29, 1.82) is 0 Å². The Kier molecular flexibility index (Phi) is 7.04. The number of carbonyl (C=O) groups excluding carboxylic acids is 3. The van der Waals surface area contributed by atoms with Crippen LogP contribution in [0.15, 0.2) is 111 Å². The van der Waals surface area contributed by atoms with Gasteiger partial charge < -0.3 is 10.1 Å². The number of amides is 2. The lowest BCUT2D eigenvalue weighted by atomic mass is 9.68. The highest BCUT2D eigenvalue weighted by molar-refractivity contribution is 8.00. The Morgan fingerprint density at radius 2 is 1.60 bits per heavy atom. The number of benzene rings is 3. The molecule has 218 valence electrons.